The maximum Gasteiger partial charge on any atom is 0.128 e. The number of hydrogen-bond donors (Lipinski definition) is 1. The summed E-state index contributed by atoms with van der Waals surface area (Å²) in [5.74, 6) is -0.805. The molecule has 0 aromatic heterocycles. The van der Waals surface area contributed by atoms with E-state index in [1.54, 1.807) is 0 Å². The van der Waals surface area contributed by atoms with Crippen molar-refractivity contribution < 1.29 is 8.78 Å². The van der Waals surface area contributed by atoms with Crippen LogP contribution in [-0.2, 0) is 0 Å². The summed E-state index contributed by atoms with van der Waals surface area (Å²) in [7, 11) is 0. The Bertz CT molecular complexity index is 595. The summed E-state index contributed by atoms with van der Waals surface area (Å²) in [6.45, 7) is 5.89. The molecule has 0 saturated carbocycles. The molecule has 106 valence electrons. The molecule has 0 saturated heterocycles. The summed E-state index contributed by atoms with van der Waals surface area (Å²) >= 11 is 0. The molecule has 0 heterocycles. The summed E-state index contributed by atoms with van der Waals surface area (Å²) in [5.41, 5.74) is 2.67. The molecule has 0 amide bonds. The van der Waals surface area contributed by atoms with Crippen molar-refractivity contribution in [3.63, 3.8) is 0 Å². The van der Waals surface area contributed by atoms with E-state index in [1.165, 1.54) is 17.7 Å². The van der Waals surface area contributed by atoms with E-state index in [-0.39, 0.29) is 17.9 Å². The van der Waals surface area contributed by atoms with Gasteiger partial charge in [-0.15, -0.1) is 0 Å². The normalized spacial score (nSPS) is 14.1. The average molecular weight is 275 g/mol. The molecular weight excluding hydrogens is 256 g/mol. The van der Waals surface area contributed by atoms with Gasteiger partial charge in [0.15, 0.2) is 0 Å². The lowest BCUT2D eigenvalue weighted by atomic mass is 10.0. The van der Waals surface area contributed by atoms with Crippen LogP contribution in [-0.4, -0.2) is 0 Å². The highest BCUT2D eigenvalue weighted by Gasteiger charge is 2.15. The second kappa shape index (κ2) is 6.14. The molecule has 0 aliphatic carbocycles. The Balaban J connectivity index is 2.15. The van der Waals surface area contributed by atoms with Crippen LogP contribution in [0.2, 0.25) is 0 Å². The van der Waals surface area contributed by atoms with Gasteiger partial charge < -0.3 is 5.32 Å². The van der Waals surface area contributed by atoms with Crippen LogP contribution in [0.3, 0.4) is 0 Å². The molecule has 1 N–H and O–H groups in total. The SMILES string of the molecule is Cc1cccc([C@H](C)NC(C)c2cc(F)ccc2F)c1. The first-order chi connectivity index (χ1) is 9.47. The van der Waals surface area contributed by atoms with Crippen molar-refractivity contribution in [2.75, 3.05) is 0 Å². The zero-order valence-electron chi connectivity index (χ0n) is 12.0. The van der Waals surface area contributed by atoms with Gasteiger partial charge in [0.2, 0.25) is 0 Å². The number of aryl methyl sites for hydroxylation is 1. The van der Waals surface area contributed by atoms with E-state index in [4.69, 9.17) is 0 Å². The fourth-order valence-corrected chi connectivity index (χ4v) is 2.35. The number of benzene rings is 2. The largest absolute Gasteiger partial charge is 0.304 e. The fourth-order valence-electron chi connectivity index (χ4n) is 2.35. The molecule has 2 aromatic carbocycles. The third kappa shape index (κ3) is 3.42. The fraction of sp³-hybridized carbons (Fsp3) is 0.294. The van der Waals surface area contributed by atoms with Crippen LogP contribution >= 0.6 is 0 Å². The van der Waals surface area contributed by atoms with Gasteiger partial charge in [0.25, 0.3) is 0 Å². The van der Waals surface area contributed by atoms with E-state index in [0.717, 1.165) is 11.6 Å². The highest BCUT2D eigenvalue weighted by molar-refractivity contribution is 5.26. The van der Waals surface area contributed by atoms with Crippen molar-refractivity contribution in [2.24, 2.45) is 0 Å². The highest BCUT2D eigenvalue weighted by atomic mass is 19.1. The topological polar surface area (TPSA) is 12.0 Å². The summed E-state index contributed by atoms with van der Waals surface area (Å²) in [5, 5.41) is 3.30. The van der Waals surface area contributed by atoms with E-state index < -0.39 is 5.82 Å². The number of hydrogen-bond acceptors (Lipinski definition) is 1. The first-order valence-corrected chi connectivity index (χ1v) is 6.75. The first-order valence-electron chi connectivity index (χ1n) is 6.75. The van der Waals surface area contributed by atoms with E-state index in [0.29, 0.717) is 5.56 Å². The molecule has 1 nitrogen and oxygen atoms in total. The molecule has 0 aliphatic heterocycles. The smallest absolute Gasteiger partial charge is 0.128 e. The molecule has 0 fully saturated rings. The Hall–Kier alpha value is -1.74. The van der Waals surface area contributed by atoms with Crippen LogP contribution in [0, 0.1) is 18.6 Å². The number of nitrogens with one attached hydrogen (secondary N) is 1. The minimum atomic E-state index is -0.418. The lowest BCUT2D eigenvalue weighted by molar-refractivity contribution is 0.469. The van der Waals surface area contributed by atoms with Crippen LogP contribution in [0.25, 0.3) is 0 Å². The van der Waals surface area contributed by atoms with Gasteiger partial charge in [-0.2, -0.15) is 0 Å². The average Bonchev–Trinajstić information content (AvgIpc) is 2.41. The van der Waals surface area contributed by atoms with Gasteiger partial charge >= 0.3 is 0 Å². The summed E-state index contributed by atoms with van der Waals surface area (Å²) in [6, 6.07) is 11.5. The molecule has 2 aromatic rings. The maximum atomic E-state index is 13.7. The Morgan fingerprint density at radius 1 is 0.950 bits per heavy atom. The van der Waals surface area contributed by atoms with Gasteiger partial charge in [-0.05, 0) is 44.5 Å². The van der Waals surface area contributed by atoms with E-state index in [2.05, 4.69) is 11.4 Å². The van der Waals surface area contributed by atoms with Crippen molar-refractivity contribution in [1.29, 1.82) is 0 Å². The molecule has 20 heavy (non-hydrogen) atoms. The molecule has 3 heteroatoms. The van der Waals surface area contributed by atoms with Crippen molar-refractivity contribution in [3.05, 3.63) is 70.8 Å². The molecular formula is C17H19F2N. The minimum absolute atomic E-state index is 0.0626. The standard InChI is InChI=1S/C17H19F2N/c1-11-5-4-6-14(9-11)12(2)20-13(3)16-10-15(18)7-8-17(16)19/h4-10,12-13,20H,1-3H3/t12-,13?/m0/s1. The summed E-state index contributed by atoms with van der Waals surface area (Å²) < 4.78 is 27.0. The van der Waals surface area contributed by atoms with Crippen LogP contribution in [0.5, 0.6) is 0 Å². The van der Waals surface area contributed by atoms with Gasteiger partial charge in [0.05, 0.1) is 0 Å². The Kier molecular flexibility index (Phi) is 4.50. The zero-order chi connectivity index (χ0) is 14.7. The van der Waals surface area contributed by atoms with E-state index in [9.17, 15) is 8.78 Å². The predicted octanol–water partition coefficient (Wildman–Crippen LogP) is 4.69. The molecule has 2 atom stereocenters. The second-order valence-electron chi connectivity index (χ2n) is 5.19. The monoisotopic (exact) mass is 275 g/mol. The van der Waals surface area contributed by atoms with Gasteiger partial charge in [0.1, 0.15) is 11.6 Å². The predicted molar refractivity (Wildman–Crippen MR) is 77.5 cm³/mol. The maximum absolute atomic E-state index is 13.7. The van der Waals surface area contributed by atoms with E-state index in [1.807, 2.05) is 39.0 Å². The lowest BCUT2D eigenvalue weighted by Crippen LogP contribution is -2.23. The minimum Gasteiger partial charge on any atom is -0.304 e. The highest BCUT2D eigenvalue weighted by Crippen LogP contribution is 2.22. The van der Waals surface area contributed by atoms with Crippen molar-refractivity contribution in [1.82, 2.24) is 5.32 Å². The van der Waals surface area contributed by atoms with Crippen LogP contribution in [0.15, 0.2) is 42.5 Å². The van der Waals surface area contributed by atoms with Crippen LogP contribution in [0.4, 0.5) is 8.78 Å². The molecule has 0 spiro atoms. The molecule has 2 rings (SSSR count). The molecule has 0 aliphatic rings. The molecule has 1 unspecified atom stereocenters. The number of halogens is 2. The van der Waals surface area contributed by atoms with Crippen LogP contribution in [0.1, 0.15) is 42.6 Å². The summed E-state index contributed by atoms with van der Waals surface area (Å²) in [4.78, 5) is 0. The lowest BCUT2D eigenvalue weighted by Gasteiger charge is -2.21. The second-order valence-corrected chi connectivity index (χ2v) is 5.19. The van der Waals surface area contributed by atoms with Gasteiger partial charge in [-0.3, -0.25) is 0 Å². The molecule has 0 radical (unpaired) electrons. The van der Waals surface area contributed by atoms with Crippen LogP contribution < -0.4 is 5.32 Å². The van der Waals surface area contributed by atoms with Crippen molar-refractivity contribution in [2.45, 2.75) is 32.9 Å². The van der Waals surface area contributed by atoms with Gasteiger partial charge in [0, 0.05) is 17.6 Å². The Morgan fingerprint density at radius 2 is 1.70 bits per heavy atom. The molecule has 0 bridgehead atoms. The van der Waals surface area contributed by atoms with Gasteiger partial charge in [-0.1, -0.05) is 29.8 Å². The third-order valence-electron chi connectivity index (χ3n) is 3.47. The van der Waals surface area contributed by atoms with Crippen molar-refractivity contribution in [3.8, 4) is 0 Å². The zero-order valence-corrected chi connectivity index (χ0v) is 12.0. The van der Waals surface area contributed by atoms with Crippen molar-refractivity contribution >= 4 is 0 Å². The summed E-state index contributed by atoms with van der Waals surface area (Å²) in [6.07, 6.45) is 0. The number of rotatable bonds is 4. The third-order valence-corrected chi connectivity index (χ3v) is 3.47. The first kappa shape index (κ1) is 14.7. The Labute approximate surface area is 118 Å². The van der Waals surface area contributed by atoms with Gasteiger partial charge in [-0.25, -0.2) is 8.78 Å². The quantitative estimate of drug-likeness (QED) is 0.854. The Morgan fingerprint density at radius 3 is 2.40 bits per heavy atom. The van der Waals surface area contributed by atoms with E-state index >= 15 is 0 Å².